The molecule has 2 amide bonds. The van der Waals surface area contributed by atoms with E-state index in [1.807, 2.05) is 24.3 Å². The summed E-state index contributed by atoms with van der Waals surface area (Å²) < 4.78 is 5.84. The van der Waals surface area contributed by atoms with E-state index in [0.717, 1.165) is 42.6 Å². The number of aryl methyl sites for hydroxylation is 1. The fourth-order valence-electron chi connectivity index (χ4n) is 4.11. The van der Waals surface area contributed by atoms with Crippen LogP contribution >= 0.6 is 34.8 Å². The van der Waals surface area contributed by atoms with Crippen molar-refractivity contribution in [3.05, 3.63) is 92.4 Å². The fourth-order valence-corrected chi connectivity index (χ4v) is 5.02. The summed E-state index contributed by atoms with van der Waals surface area (Å²) >= 11 is 18.7. The number of nitrogens with zero attached hydrogens (tertiary/aromatic N) is 1. The molecule has 0 unspecified atom stereocenters. The van der Waals surface area contributed by atoms with Crippen LogP contribution in [0, 0.1) is 0 Å². The van der Waals surface area contributed by atoms with Crippen LogP contribution < -0.4 is 10.1 Å². The maximum atomic E-state index is 13.5. The molecule has 0 heterocycles. The second kappa shape index (κ2) is 15.9. The van der Waals surface area contributed by atoms with Crippen LogP contribution in [0.2, 0.25) is 15.1 Å². The van der Waals surface area contributed by atoms with Gasteiger partial charge < -0.3 is 15.0 Å². The van der Waals surface area contributed by atoms with Crippen molar-refractivity contribution in [3.8, 4) is 5.75 Å². The predicted octanol–water partition coefficient (Wildman–Crippen LogP) is 10.2. The summed E-state index contributed by atoms with van der Waals surface area (Å²) in [6.45, 7) is 5.93. The van der Waals surface area contributed by atoms with E-state index in [4.69, 9.17) is 39.5 Å². The van der Waals surface area contributed by atoms with Crippen LogP contribution in [-0.4, -0.2) is 17.5 Å². The first-order valence-corrected chi connectivity index (χ1v) is 14.5. The Hall–Kier alpha value is -2.40. The Kier molecular flexibility index (Phi) is 12.6. The van der Waals surface area contributed by atoms with Crippen LogP contribution in [-0.2, 0) is 19.5 Å². The van der Waals surface area contributed by atoms with E-state index in [9.17, 15) is 4.79 Å². The van der Waals surface area contributed by atoms with Gasteiger partial charge in [0.25, 0.3) is 0 Å². The lowest BCUT2D eigenvalue weighted by Gasteiger charge is -2.24. The molecule has 4 nitrogen and oxygen atoms in total. The van der Waals surface area contributed by atoms with Crippen LogP contribution in [0.4, 0.5) is 10.5 Å². The van der Waals surface area contributed by atoms with E-state index in [2.05, 4.69) is 43.4 Å². The minimum absolute atomic E-state index is 0.289. The van der Waals surface area contributed by atoms with Crippen molar-refractivity contribution < 1.29 is 9.53 Å². The van der Waals surface area contributed by atoms with Crippen LogP contribution in [0.3, 0.4) is 0 Å². The van der Waals surface area contributed by atoms with E-state index >= 15 is 0 Å². The number of rotatable bonds is 14. The molecule has 0 spiro atoms. The molecule has 0 atom stereocenters. The number of halogens is 3. The highest BCUT2D eigenvalue weighted by Gasteiger charge is 2.18. The Balaban J connectivity index is 1.74. The van der Waals surface area contributed by atoms with E-state index in [1.165, 1.54) is 24.8 Å². The van der Waals surface area contributed by atoms with Crippen LogP contribution in [0.5, 0.6) is 5.75 Å². The third-order valence-corrected chi connectivity index (χ3v) is 7.12. The number of urea groups is 1. The normalized spacial score (nSPS) is 10.9. The van der Waals surface area contributed by atoms with Gasteiger partial charge in [0.1, 0.15) is 5.75 Å². The summed E-state index contributed by atoms with van der Waals surface area (Å²) in [6.07, 6.45) is 8.05. The Morgan fingerprint density at radius 3 is 1.87 bits per heavy atom. The lowest BCUT2D eigenvalue weighted by Crippen LogP contribution is -2.34. The number of nitrogens with one attached hydrogen (secondary N) is 1. The van der Waals surface area contributed by atoms with Crippen molar-refractivity contribution in [2.45, 2.75) is 71.9 Å². The van der Waals surface area contributed by atoms with Crippen LogP contribution in [0.1, 0.15) is 69.1 Å². The zero-order valence-corrected chi connectivity index (χ0v) is 24.5. The molecule has 0 radical (unpaired) electrons. The Bertz CT molecular complexity index is 1130. The van der Waals surface area contributed by atoms with Gasteiger partial charge in [0, 0.05) is 18.1 Å². The van der Waals surface area contributed by atoms with Gasteiger partial charge in [-0.3, -0.25) is 0 Å². The smallest absolute Gasteiger partial charge is 0.322 e. The zero-order valence-electron chi connectivity index (χ0n) is 22.2. The molecule has 1 N–H and O–H groups in total. The van der Waals surface area contributed by atoms with Gasteiger partial charge in [0.15, 0.2) is 0 Å². The molecule has 3 rings (SSSR count). The molecule has 0 aromatic heterocycles. The lowest BCUT2D eigenvalue weighted by atomic mass is 10.1. The Morgan fingerprint density at radius 1 is 0.763 bits per heavy atom. The van der Waals surface area contributed by atoms with Gasteiger partial charge in [-0.05, 0) is 60.2 Å². The quantitative estimate of drug-likeness (QED) is 0.194. The second-order valence-electron chi connectivity index (χ2n) is 9.50. The van der Waals surface area contributed by atoms with Crippen molar-refractivity contribution in [2.75, 3.05) is 11.9 Å². The van der Waals surface area contributed by atoms with Crippen molar-refractivity contribution in [3.63, 3.8) is 0 Å². The second-order valence-corrected chi connectivity index (χ2v) is 10.8. The number of carbonyl (C=O) groups is 1. The fraction of sp³-hybridized carbons (Fsp3) is 0.387. The van der Waals surface area contributed by atoms with Crippen molar-refractivity contribution in [1.82, 2.24) is 4.90 Å². The van der Waals surface area contributed by atoms with Gasteiger partial charge in [-0.2, -0.15) is 0 Å². The van der Waals surface area contributed by atoms with E-state index in [-0.39, 0.29) is 16.1 Å². The first kappa shape index (κ1) is 30.1. The lowest BCUT2D eigenvalue weighted by molar-refractivity contribution is 0.206. The number of ether oxygens (including phenoxy) is 1. The number of benzene rings is 3. The number of anilines is 1. The minimum atomic E-state index is -0.303. The molecule has 0 saturated carbocycles. The summed E-state index contributed by atoms with van der Waals surface area (Å²) in [4.78, 5) is 15.2. The van der Waals surface area contributed by atoms with Crippen LogP contribution in [0.15, 0.2) is 60.7 Å². The molecular formula is C31H37Cl3N2O2. The van der Waals surface area contributed by atoms with Gasteiger partial charge in [-0.15, -0.1) is 0 Å². The highest BCUT2D eigenvalue weighted by atomic mass is 35.5. The molecule has 7 heteroatoms. The van der Waals surface area contributed by atoms with Gasteiger partial charge >= 0.3 is 6.03 Å². The number of unbranched alkanes of at least 4 members (excludes halogenated alkanes) is 4. The molecule has 0 aliphatic carbocycles. The third-order valence-electron chi connectivity index (χ3n) is 6.30. The van der Waals surface area contributed by atoms with Crippen LogP contribution in [0.25, 0.3) is 0 Å². The number of hydrogen-bond donors (Lipinski definition) is 1. The Morgan fingerprint density at radius 2 is 1.29 bits per heavy atom. The van der Waals surface area contributed by atoms with Crippen molar-refractivity contribution in [2.24, 2.45) is 0 Å². The number of hydrogen-bond acceptors (Lipinski definition) is 2. The maximum Gasteiger partial charge on any atom is 0.322 e. The average molecular weight is 576 g/mol. The average Bonchev–Trinajstić information content (AvgIpc) is 2.90. The standard InChI is InChI=1S/C31H37Cl3N2O2/c1-3-5-7-9-23-10-12-24(13-11-23)21-36(31(37)35-30-28(33)19-26(32)20-29(30)34)22-25-14-16-27(17-15-25)38-18-8-6-4-2/h10-17,19-20H,3-9,18,21-22H2,1-2H3,(H,35,37). The van der Waals surface area contributed by atoms with Gasteiger partial charge in [-0.25, -0.2) is 4.79 Å². The maximum absolute atomic E-state index is 13.5. The van der Waals surface area contributed by atoms with E-state index in [1.54, 1.807) is 17.0 Å². The molecule has 3 aromatic rings. The van der Waals surface area contributed by atoms with E-state index < -0.39 is 0 Å². The predicted molar refractivity (Wildman–Crippen MR) is 161 cm³/mol. The molecule has 38 heavy (non-hydrogen) atoms. The molecule has 0 saturated heterocycles. The third kappa shape index (κ3) is 9.72. The largest absolute Gasteiger partial charge is 0.494 e. The molecule has 204 valence electrons. The molecule has 0 aliphatic heterocycles. The minimum Gasteiger partial charge on any atom is -0.494 e. The van der Waals surface area contributed by atoms with E-state index in [0.29, 0.717) is 30.4 Å². The first-order valence-electron chi connectivity index (χ1n) is 13.4. The van der Waals surface area contributed by atoms with Crippen molar-refractivity contribution >= 4 is 46.5 Å². The molecular weight excluding hydrogens is 539 g/mol. The molecule has 0 aliphatic rings. The van der Waals surface area contributed by atoms with Gasteiger partial charge in [0.2, 0.25) is 0 Å². The Labute approximate surface area is 242 Å². The summed E-state index contributed by atoms with van der Waals surface area (Å²) in [6, 6.07) is 19.2. The summed E-state index contributed by atoms with van der Waals surface area (Å²) in [5, 5.41) is 3.87. The number of amides is 2. The van der Waals surface area contributed by atoms with Gasteiger partial charge in [0.05, 0.1) is 22.3 Å². The summed E-state index contributed by atoms with van der Waals surface area (Å²) in [5.41, 5.74) is 3.69. The molecule has 0 fully saturated rings. The van der Waals surface area contributed by atoms with Gasteiger partial charge in [-0.1, -0.05) is 111 Å². The highest BCUT2D eigenvalue weighted by Crippen LogP contribution is 2.34. The summed E-state index contributed by atoms with van der Waals surface area (Å²) in [7, 11) is 0. The zero-order chi connectivity index (χ0) is 27.3. The summed E-state index contributed by atoms with van der Waals surface area (Å²) in [5.74, 6) is 0.833. The SMILES string of the molecule is CCCCCOc1ccc(CN(Cc2ccc(CCCCC)cc2)C(=O)Nc2c(Cl)cc(Cl)cc2Cl)cc1. The number of carbonyl (C=O) groups excluding carboxylic acids is 1. The highest BCUT2D eigenvalue weighted by molar-refractivity contribution is 6.42. The molecule has 0 bridgehead atoms. The topological polar surface area (TPSA) is 41.6 Å². The molecule has 3 aromatic carbocycles. The monoisotopic (exact) mass is 574 g/mol. The first-order chi connectivity index (χ1) is 18.4. The van der Waals surface area contributed by atoms with Crippen molar-refractivity contribution in [1.29, 1.82) is 0 Å².